The summed E-state index contributed by atoms with van der Waals surface area (Å²) in [5.41, 5.74) is 2.28. The number of benzene rings is 1. The van der Waals surface area contributed by atoms with Gasteiger partial charge in [0, 0.05) is 18.0 Å². The van der Waals surface area contributed by atoms with Crippen molar-refractivity contribution in [3.8, 4) is 11.8 Å². The van der Waals surface area contributed by atoms with Crippen LogP contribution in [0.2, 0.25) is 0 Å². The van der Waals surface area contributed by atoms with Gasteiger partial charge in [0.05, 0.1) is 0 Å². The maximum atomic E-state index is 4.52. The van der Waals surface area contributed by atoms with Crippen LogP contribution in [-0.2, 0) is 6.42 Å². The lowest BCUT2D eigenvalue weighted by Gasteiger charge is -2.08. The molecule has 0 radical (unpaired) electrons. The summed E-state index contributed by atoms with van der Waals surface area (Å²) in [6.07, 6.45) is 6.27. The Hall–Kier alpha value is -1.81. The topological polar surface area (TPSA) is 12.9 Å². The summed E-state index contributed by atoms with van der Waals surface area (Å²) >= 11 is 0. The average molecular weight is 237 g/mol. The second-order valence-electron chi connectivity index (χ2n) is 4.43. The Morgan fingerprint density at radius 3 is 2.78 bits per heavy atom. The summed E-state index contributed by atoms with van der Waals surface area (Å²) in [5, 5.41) is 2.52. The molecule has 0 atom stereocenters. The van der Waals surface area contributed by atoms with Crippen LogP contribution in [0.5, 0.6) is 0 Å². The first-order valence-corrected chi connectivity index (χ1v) is 6.72. The molecule has 0 bridgehead atoms. The Labute approximate surface area is 109 Å². The molecular formula is C17H19N. The van der Waals surface area contributed by atoms with Crippen LogP contribution in [0.15, 0.2) is 30.5 Å². The van der Waals surface area contributed by atoms with Crippen molar-refractivity contribution in [2.75, 3.05) is 0 Å². The summed E-state index contributed by atoms with van der Waals surface area (Å²) in [4.78, 5) is 4.52. The molecule has 1 nitrogen and oxygen atoms in total. The number of rotatable bonds is 3. The number of hydrogen-bond acceptors (Lipinski definition) is 1. The first kappa shape index (κ1) is 12.6. The molecule has 2 aromatic rings. The van der Waals surface area contributed by atoms with Crippen LogP contribution in [-0.4, -0.2) is 4.98 Å². The number of fused-ring (bicyclic) bond motifs is 1. The van der Waals surface area contributed by atoms with Crippen molar-refractivity contribution in [2.45, 2.75) is 39.5 Å². The number of nitrogens with zero attached hydrogens (tertiary/aromatic N) is 1. The molecule has 0 N–H and O–H groups in total. The Kier molecular flexibility index (Phi) is 4.36. The van der Waals surface area contributed by atoms with Gasteiger partial charge in [-0.1, -0.05) is 50.5 Å². The second kappa shape index (κ2) is 6.21. The molecule has 0 aliphatic rings. The highest BCUT2D eigenvalue weighted by atomic mass is 14.7. The van der Waals surface area contributed by atoms with E-state index in [0.29, 0.717) is 0 Å². The lowest BCUT2D eigenvalue weighted by atomic mass is 9.99. The summed E-state index contributed by atoms with van der Waals surface area (Å²) in [7, 11) is 0. The van der Waals surface area contributed by atoms with E-state index in [2.05, 4.69) is 54.9 Å². The van der Waals surface area contributed by atoms with Crippen molar-refractivity contribution in [3.63, 3.8) is 0 Å². The minimum atomic E-state index is 0.877. The molecule has 0 saturated carbocycles. The quantitative estimate of drug-likeness (QED) is 0.724. The molecule has 18 heavy (non-hydrogen) atoms. The van der Waals surface area contributed by atoms with Crippen molar-refractivity contribution in [1.29, 1.82) is 0 Å². The van der Waals surface area contributed by atoms with Crippen LogP contribution >= 0.6 is 0 Å². The first-order valence-electron chi connectivity index (χ1n) is 6.72. The summed E-state index contributed by atoms with van der Waals surface area (Å²) < 4.78 is 0. The molecule has 1 heterocycles. The van der Waals surface area contributed by atoms with Crippen LogP contribution in [0.1, 0.15) is 44.4 Å². The molecule has 0 unspecified atom stereocenters. The molecule has 1 aromatic carbocycles. The van der Waals surface area contributed by atoms with Crippen LogP contribution in [0.3, 0.4) is 0 Å². The minimum Gasteiger partial charge on any atom is -0.247 e. The van der Waals surface area contributed by atoms with Gasteiger partial charge in [-0.2, -0.15) is 0 Å². The van der Waals surface area contributed by atoms with Gasteiger partial charge in [-0.15, -0.1) is 0 Å². The van der Waals surface area contributed by atoms with Crippen LogP contribution in [0, 0.1) is 11.8 Å². The van der Waals surface area contributed by atoms with E-state index in [0.717, 1.165) is 18.5 Å². The third-order valence-electron chi connectivity index (χ3n) is 3.07. The van der Waals surface area contributed by atoms with Crippen molar-refractivity contribution >= 4 is 10.8 Å². The highest BCUT2D eigenvalue weighted by molar-refractivity contribution is 5.86. The second-order valence-corrected chi connectivity index (χ2v) is 4.43. The smallest absolute Gasteiger partial charge is 0.116 e. The predicted molar refractivity (Wildman–Crippen MR) is 77.5 cm³/mol. The highest BCUT2D eigenvalue weighted by Gasteiger charge is 2.06. The van der Waals surface area contributed by atoms with E-state index < -0.39 is 0 Å². The molecule has 0 amide bonds. The standard InChI is InChI=1S/C17H19N/c1-3-5-10-16-15-11-8-7-9-14(15)13-18-17(16)12-6-4-2/h7-9,11,13H,3-5,10H2,1-2H3. The maximum Gasteiger partial charge on any atom is 0.116 e. The molecule has 0 spiro atoms. The number of aryl methyl sites for hydroxylation is 1. The van der Waals surface area contributed by atoms with E-state index in [4.69, 9.17) is 0 Å². The Balaban J connectivity index is 2.55. The molecule has 0 fully saturated rings. The van der Waals surface area contributed by atoms with Gasteiger partial charge in [-0.25, -0.2) is 4.98 Å². The SMILES string of the molecule is CCC#Cc1ncc2ccccc2c1CCCC. The number of hydrogen-bond donors (Lipinski definition) is 0. The lowest BCUT2D eigenvalue weighted by molar-refractivity contribution is 0.795. The molecule has 1 aromatic heterocycles. The van der Waals surface area contributed by atoms with Crippen LogP contribution in [0.4, 0.5) is 0 Å². The fourth-order valence-corrected chi connectivity index (χ4v) is 2.11. The van der Waals surface area contributed by atoms with Crippen molar-refractivity contribution < 1.29 is 0 Å². The summed E-state index contributed by atoms with van der Waals surface area (Å²) in [6, 6.07) is 8.45. The van der Waals surface area contributed by atoms with Gasteiger partial charge in [0.2, 0.25) is 0 Å². The van der Waals surface area contributed by atoms with Crippen LogP contribution in [0.25, 0.3) is 10.8 Å². The summed E-state index contributed by atoms with van der Waals surface area (Å²) in [6.45, 7) is 4.29. The van der Waals surface area contributed by atoms with E-state index in [1.54, 1.807) is 0 Å². The van der Waals surface area contributed by atoms with E-state index in [1.807, 2.05) is 6.20 Å². The molecule has 2 rings (SSSR count). The molecule has 92 valence electrons. The number of aromatic nitrogens is 1. The first-order chi connectivity index (χ1) is 8.86. The zero-order valence-electron chi connectivity index (χ0n) is 11.2. The highest BCUT2D eigenvalue weighted by Crippen LogP contribution is 2.22. The Morgan fingerprint density at radius 1 is 1.17 bits per heavy atom. The Morgan fingerprint density at radius 2 is 2.00 bits per heavy atom. The Bertz CT molecular complexity index is 587. The van der Waals surface area contributed by atoms with Crippen molar-refractivity contribution in [1.82, 2.24) is 4.98 Å². The van der Waals surface area contributed by atoms with Gasteiger partial charge in [0.1, 0.15) is 5.69 Å². The van der Waals surface area contributed by atoms with E-state index >= 15 is 0 Å². The number of unbranched alkanes of at least 4 members (excludes halogenated alkanes) is 1. The van der Waals surface area contributed by atoms with Gasteiger partial charge in [0.15, 0.2) is 0 Å². The molecular weight excluding hydrogens is 218 g/mol. The molecule has 1 heteroatoms. The molecule has 0 saturated heterocycles. The van der Waals surface area contributed by atoms with Gasteiger partial charge < -0.3 is 0 Å². The van der Waals surface area contributed by atoms with E-state index in [1.165, 1.54) is 29.2 Å². The average Bonchev–Trinajstić information content (AvgIpc) is 2.43. The molecule has 0 aliphatic carbocycles. The predicted octanol–water partition coefficient (Wildman–Crippen LogP) is 4.34. The fraction of sp³-hybridized carbons (Fsp3) is 0.353. The maximum absolute atomic E-state index is 4.52. The normalized spacial score (nSPS) is 10.1. The van der Waals surface area contributed by atoms with Crippen molar-refractivity contribution in [2.24, 2.45) is 0 Å². The fourth-order valence-electron chi connectivity index (χ4n) is 2.11. The zero-order chi connectivity index (χ0) is 12.8. The zero-order valence-corrected chi connectivity index (χ0v) is 11.2. The van der Waals surface area contributed by atoms with Gasteiger partial charge in [-0.05, 0) is 29.7 Å². The van der Waals surface area contributed by atoms with Gasteiger partial charge >= 0.3 is 0 Å². The summed E-state index contributed by atoms with van der Waals surface area (Å²) in [5.74, 6) is 6.34. The van der Waals surface area contributed by atoms with Gasteiger partial charge in [-0.3, -0.25) is 0 Å². The lowest BCUT2D eigenvalue weighted by Crippen LogP contribution is -1.96. The minimum absolute atomic E-state index is 0.877. The largest absolute Gasteiger partial charge is 0.247 e. The number of pyridine rings is 1. The third kappa shape index (κ3) is 2.71. The van der Waals surface area contributed by atoms with E-state index in [-0.39, 0.29) is 0 Å². The monoisotopic (exact) mass is 237 g/mol. The molecule has 0 aliphatic heterocycles. The van der Waals surface area contributed by atoms with Crippen molar-refractivity contribution in [3.05, 3.63) is 41.7 Å². The van der Waals surface area contributed by atoms with Crippen LogP contribution < -0.4 is 0 Å². The van der Waals surface area contributed by atoms with Gasteiger partial charge in [0.25, 0.3) is 0 Å². The van der Waals surface area contributed by atoms with E-state index in [9.17, 15) is 0 Å². The third-order valence-corrected chi connectivity index (χ3v) is 3.07.